The van der Waals surface area contributed by atoms with Gasteiger partial charge in [0.25, 0.3) is 0 Å². The molecule has 0 amide bonds. The molecule has 0 aliphatic rings. The minimum Gasteiger partial charge on any atom is -0.357 e. The van der Waals surface area contributed by atoms with Gasteiger partial charge in [0.15, 0.2) is 5.96 Å². The van der Waals surface area contributed by atoms with Crippen molar-refractivity contribution in [3.63, 3.8) is 0 Å². The summed E-state index contributed by atoms with van der Waals surface area (Å²) in [6.45, 7) is 9.09. The van der Waals surface area contributed by atoms with Gasteiger partial charge < -0.3 is 15.2 Å². The molecule has 0 radical (unpaired) electrons. The van der Waals surface area contributed by atoms with Crippen molar-refractivity contribution in [3.8, 4) is 0 Å². The van der Waals surface area contributed by atoms with Crippen LogP contribution in [0.5, 0.6) is 0 Å². The smallest absolute Gasteiger partial charge is 0.191 e. The molecule has 2 N–H and O–H groups in total. The highest BCUT2D eigenvalue weighted by molar-refractivity contribution is 6.36. The Morgan fingerprint density at radius 1 is 1.23 bits per heavy atom. The molecule has 0 bridgehead atoms. The molecule has 0 saturated carbocycles. The molecule has 142 valence electrons. The SMILES string of the molecule is CCNC(=NCC(C)c1c(Cl)cccc1Cl)NCCn1cnnc1CC. The van der Waals surface area contributed by atoms with Crippen molar-refractivity contribution in [2.75, 3.05) is 19.6 Å². The molecular weight excluding hydrogens is 371 g/mol. The van der Waals surface area contributed by atoms with Crippen molar-refractivity contribution >= 4 is 29.2 Å². The van der Waals surface area contributed by atoms with Gasteiger partial charge in [-0.3, -0.25) is 4.99 Å². The summed E-state index contributed by atoms with van der Waals surface area (Å²) in [7, 11) is 0. The zero-order chi connectivity index (χ0) is 18.9. The lowest BCUT2D eigenvalue weighted by atomic mass is 10.0. The second-order valence-corrected chi connectivity index (χ2v) is 6.79. The standard InChI is InChI=1S/C18H26Cl2N6/c1-4-16-25-24-12-26(16)10-9-22-18(21-5-2)23-11-13(3)17-14(19)7-6-8-15(17)20/h6-8,12-13H,4-5,9-11H2,1-3H3,(H2,21,22,23). The Labute approximate surface area is 165 Å². The van der Waals surface area contributed by atoms with E-state index in [-0.39, 0.29) is 5.92 Å². The van der Waals surface area contributed by atoms with Crippen LogP contribution in [0.3, 0.4) is 0 Å². The first-order valence-corrected chi connectivity index (χ1v) is 9.65. The number of benzene rings is 1. The van der Waals surface area contributed by atoms with Crippen molar-refractivity contribution in [3.05, 3.63) is 46.0 Å². The zero-order valence-electron chi connectivity index (χ0n) is 15.5. The fourth-order valence-electron chi connectivity index (χ4n) is 2.68. The van der Waals surface area contributed by atoms with E-state index in [1.54, 1.807) is 6.33 Å². The molecule has 0 fully saturated rings. The minimum atomic E-state index is 0.121. The molecule has 1 atom stereocenters. The highest BCUT2D eigenvalue weighted by Crippen LogP contribution is 2.31. The Bertz CT molecular complexity index is 708. The third-order valence-electron chi connectivity index (χ3n) is 4.02. The summed E-state index contributed by atoms with van der Waals surface area (Å²) in [6.07, 6.45) is 2.62. The quantitative estimate of drug-likeness (QED) is 0.529. The van der Waals surface area contributed by atoms with Crippen LogP contribution in [0.15, 0.2) is 29.5 Å². The van der Waals surface area contributed by atoms with Crippen molar-refractivity contribution in [2.24, 2.45) is 4.99 Å². The van der Waals surface area contributed by atoms with Gasteiger partial charge >= 0.3 is 0 Å². The van der Waals surface area contributed by atoms with E-state index in [0.29, 0.717) is 16.6 Å². The zero-order valence-corrected chi connectivity index (χ0v) is 17.0. The fraction of sp³-hybridized carbons (Fsp3) is 0.500. The number of aryl methyl sites for hydroxylation is 1. The normalized spacial score (nSPS) is 12.9. The van der Waals surface area contributed by atoms with E-state index in [9.17, 15) is 0 Å². The van der Waals surface area contributed by atoms with Gasteiger partial charge in [-0.2, -0.15) is 0 Å². The second-order valence-electron chi connectivity index (χ2n) is 5.98. The number of halogens is 2. The number of nitrogens with one attached hydrogen (secondary N) is 2. The van der Waals surface area contributed by atoms with E-state index in [4.69, 9.17) is 23.2 Å². The molecule has 1 unspecified atom stereocenters. The highest BCUT2D eigenvalue weighted by Gasteiger charge is 2.13. The molecule has 1 aromatic carbocycles. The number of hydrogen-bond acceptors (Lipinski definition) is 3. The predicted molar refractivity (Wildman–Crippen MR) is 108 cm³/mol. The van der Waals surface area contributed by atoms with Gasteiger partial charge in [0.1, 0.15) is 12.2 Å². The summed E-state index contributed by atoms with van der Waals surface area (Å²) in [5, 5.41) is 16.0. The van der Waals surface area contributed by atoms with Crippen molar-refractivity contribution in [1.29, 1.82) is 0 Å². The monoisotopic (exact) mass is 396 g/mol. The average molecular weight is 397 g/mol. The number of hydrogen-bond donors (Lipinski definition) is 2. The van der Waals surface area contributed by atoms with Crippen molar-refractivity contribution in [2.45, 2.75) is 39.7 Å². The fourth-order valence-corrected chi connectivity index (χ4v) is 3.45. The van der Waals surface area contributed by atoms with Crippen LogP contribution in [-0.4, -0.2) is 40.4 Å². The summed E-state index contributed by atoms with van der Waals surface area (Å²) in [4.78, 5) is 4.67. The molecule has 8 heteroatoms. The molecule has 1 heterocycles. The third-order valence-corrected chi connectivity index (χ3v) is 4.68. The number of rotatable bonds is 8. The Hall–Kier alpha value is -1.79. The number of aromatic nitrogens is 3. The topological polar surface area (TPSA) is 67.1 Å². The minimum absolute atomic E-state index is 0.121. The third kappa shape index (κ3) is 5.61. The maximum atomic E-state index is 6.29. The van der Waals surface area contributed by atoms with Gasteiger partial charge in [0.2, 0.25) is 0 Å². The lowest BCUT2D eigenvalue weighted by Crippen LogP contribution is -2.39. The maximum absolute atomic E-state index is 6.29. The van der Waals surface area contributed by atoms with E-state index in [1.807, 2.05) is 29.7 Å². The first kappa shape index (κ1) is 20.5. The Kier molecular flexibility index (Phi) is 8.19. The summed E-state index contributed by atoms with van der Waals surface area (Å²) in [5.41, 5.74) is 0.938. The van der Waals surface area contributed by atoms with Gasteiger partial charge in [0.05, 0.1) is 0 Å². The van der Waals surface area contributed by atoms with Gasteiger partial charge in [-0.1, -0.05) is 43.1 Å². The van der Waals surface area contributed by atoms with Crippen LogP contribution in [0.2, 0.25) is 10.0 Å². The molecular formula is C18H26Cl2N6. The average Bonchev–Trinajstić information content (AvgIpc) is 3.07. The van der Waals surface area contributed by atoms with Crippen LogP contribution in [0.1, 0.15) is 38.1 Å². The number of nitrogens with zero attached hydrogens (tertiary/aromatic N) is 4. The Balaban J connectivity index is 1.95. The Morgan fingerprint density at radius 3 is 2.62 bits per heavy atom. The molecule has 0 spiro atoms. The molecule has 0 aliphatic carbocycles. The highest BCUT2D eigenvalue weighted by atomic mass is 35.5. The van der Waals surface area contributed by atoms with Crippen LogP contribution < -0.4 is 10.6 Å². The van der Waals surface area contributed by atoms with Crippen LogP contribution in [-0.2, 0) is 13.0 Å². The van der Waals surface area contributed by atoms with E-state index in [0.717, 1.165) is 43.4 Å². The van der Waals surface area contributed by atoms with E-state index >= 15 is 0 Å². The molecule has 1 aromatic heterocycles. The largest absolute Gasteiger partial charge is 0.357 e. The van der Waals surface area contributed by atoms with Crippen LogP contribution in [0, 0.1) is 0 Å². The van der Waals surface area contributed by atoms with Gasteiger partial charge in [-0.15, -0.1) is 10.2 Å². The summed E-state index contributed by atoms with van der Waals surface area (Å²) >= 11 is 12.6. The molecule has 6 nitrogen and oxygen atoms in total. The first-order valence-electron chi connectivity index (χ1n) is 8.89. The van der Waals surface area contributed by atoms with Crippen LogP contribution in [0.25, 0.3) is 0 Å². The second kappa shape index (κ2) is 10.4. The molecule has 0 saturated heterocycles. The van der Waals surface area contributed by atoms with E-state index < -0.39 is 0 Å². The van der Waals surface area contributed by atoms with Crippen LogP contribution in [0.4, 0.5) is 0 Å². The lowest BCUT2D eigenvalue weighted by Gasteiger charge is -2.16. The van der Waals surface area contributed by atoms with Crippen molar-refractivity contribution in [1.82, 2.24) is 25.4 Å². The molecule has 26 heavy (non-hydrogen) atoms. The van der Waals surface area contributed by atoms with Crippen molar-refractivity contribution < 1.29 is 0 Å². The lowest BCUT2D eigenvalue weighted by molar-refractivity contribution is 0.631. The first-order chi connectivity index (χ1) is 12.6. The summed E-state index contributed by atoms with van der Waals surface area (Å²) < 4.78 is 2.04. The van der Waals surface area contributed by atoms with Gasteiger partial charge in [-0.25, -0.2) is 0 Å². The predicted octanol–water partition coefficient (Wildman–Crippen LogP) is 3.51. The molecule has 2 aromatic rings. The molecule has 2 rings (SSSR count). The number of guanidine groups is 1. The van der Waals surface area contributed by atoms with Crippen LogP contribution >= 0.6 is 23.2 Å². The van der Waals surface area contributed by atoms with Gasteiger partial charge in [0, 0.05) is 48.6 Å². The van der Waals surface area contributed by atoms with Gasteiger partial charge in [-0.05, 0) is 24.6 Å². The summed E-state index contributed by atoms with van der Waals surface area (Å²) in [5.74, 6) is 1.88. The van der Waals surface area contributed by atoms with E-state index in [1.165, 1.54) is 0 Å². The molecule has 0 aliphatic heterocycles. The maximum Gasteiger partial charge on any atom is 0.191 e. The van der Waals surface area contributed by atoms with E-state index in [2.05, 4.69) is 39.7 Å². The number of aliphatic imine (C=N–C) groups is 1. The summed E-state index contributed by atoms with van der Waals surface area (Å²) in [6, 6.07) is 5.57. The Morgan fingerprint density at radius 2 is 1.96 bits per heavy atom.